The van der Waals surface area contributed by atoms with Crippen LogP contribution in [-0.2, 0) is 0 Å². The fraction of sp³-hybridized carbons (Fsp3) is 0.0556. The van der Waals surface area contributed by atoms with Gasteiger partial charge in [-0.25, -0.2) is 0 Å². The predicted molar refractivity (Wildman–Crippen MR) is 173 cm³/mol. The standard InChI is InChI=1S/2C18H13Si.2ClH.Yb/c2*1-19(18-14-8-9-15-18,16-10-4-2-5-11-16)17-12-6-3-7-13-17;;;/h2*2-7,10-13H,1H3;2*1H;/q2*-5;;;+2/p-2. The van der Waals surface area contributed by atoms with Crippen LogP contribution in [0.4, 0.5) is 0 Å². The van der Waals surface area contributed by atoms with E-state index in [9.17, 15) is 0 Å². The SMILES string of the molecule is C[Si](c1ccccc1)(c1ccccc1)[c-]1[c-][c-][c-][c-]1.C[Si](c1ccccc1)(c1ccccc1)[c-]1[c-][c-][c-][c-]1.[Cl][Yb][Cl]. The molecule has 6 rings (SSSR count). The van der Waals surface area contributed by atoms with Gasteiger partial charge in [0, 0.05) is 0 Å². The zero-order valence-corrected chi connectivity index (χ0v) is 27.8. The van der Waals surface area contributed by atoms with E-state index in [2.05, 4.69) is 183 Å². The molecule has 0 saturated heterocycles. The molecule has 6 aromatic carbocycles. The molecule has 0 aliphatic rings. The van der Waals surface area contributed by atoms with Crippen LogP contribution in [0.5, 0.6) is 0 Å². The number of hydrogen-bond donors (Lipinski definition) is 0. The van der Waals surface area contributed by atoms with Crippen molar-refractivity contribution in [3.05, 3.63) is 170 Å². The Balaban J connectivity index is 0.000000173. The molecule has 5 heteroatoms. The third kappa shape index (κ3) is 7.74. The molecule has 0 aliphatic carbocycles. The maximum atomic E-state index is 4.82. The van der Waals surface area contributed by atoms with Crippen LogP contribution in [0.3, 0.4) is 0 Å². The first-order valence-electron chi connectivity index (χ1n) is 12.8. The molecular formula is C36H26Cl2Si2Yb-10. The van der Waals surface area contributed by atoms with Crippen molar-refractivity contribution in [2.24, 2.45) is 0 Å². The van der Waals surface area contributed by atoms with E-state index in [0.717, 1.165) is 10.4 Å². The second-order valence-corrected chi connectivity index (χ2v) is 19.8. The van der Waals surface area contributed by atoms with Crippen LogP contribution in [0, 0.1) is 87.5 Å². The van der Waals surface area contributed by atoms with Gasteiger partial charge in [0.05, 0.1) is 0 Å². The number of hydrogen-bond acceptors (Lipinski definition) is 0. The molecule has 0 N–H and O–H groups in total. The van der Waals surface area contributed by atoms with E-state index in [1.54, 1.807) is 0 Å². The van der Waals surface area contributed by atoms with Crippen molar-refractivity contribution in [2.45, 2.75) is 13.1 Å². The summed E-state index contributed by atoms with van der Waals surface area (Å²) in [5.41, 5.74) is 0. The molecule has 0 fully saturated rings. The van der Waals surface area contributed by atoms with Crippen LogP contribution in [0.2, 0.25) is 13.1 Å². The van der Waals surface area contributed by atoms with Gasteiger partial charge in [-0.15, -0.1) is 0 Å². The molecule has 0 atom stereocenters. The monoisotopic (exact) mass is 758 g/mol. The first kappa shape index (κ1) is 32.0. The molecule has 0 radical (unpaired) electrons. The van der Waals surface area contributed by atoms with E-state index in [-0.39, 0.29) is 38.9 Å². The summed E-state index contributed by atoms with van der Waals surface area (Å²) in [5.74, 6) is 0. The van der Waals surface area contributed by atoms with Crippen molar-refractivity contribution < 1.29 is 38.9 Å². The summed E-state index contributed by atoms with van der Waals surface area (Å²) in [6, 6.07) is 67.0. The average molecular weight is 759 g/mol. The predicted octanol–water partition coefficient (Wildman–Crippen LogP) is 4.79. The molecule has 0 saturated carbocycles. The summed E-state index contributed by atoms with van der Waals surface area (Å²) >= 11 is -0.139. The summed E-state index contributed by atoms with van der Waals surface area (Å²) < 4.78 is 9.64. The van der Waals surface area contributed by atoms with Gasteiger partial charge in [0.1, 0.15) is 0 Å². The van der Waals surface area contributed by atoms with Crippen molar-refractivity contribution in [1.29, 1.82) is 0 Å². The molecule has 0 spiro atoms. The summed E-state index contributed by atoms with van der Waals surface area (Å²) in [5, 5.41) is 7.68. The van der Waals surface area contributed by atoms with Crippen molar-refractivity contribution in [3.8, 4) is 0 Å². The van der Waals surface area contributed by atoms with E-state index in [1.807, 2.05) is 0 Å². The van der Waals surface area contributed by atoms with Crippen LogP contribution < -0.4 is 31.1 Å². The van der Waals surface area contributed by atoms with Crippen LogP contribution in [-0.4, -0.2) is 16.1 Å². The number of rotatable bonds is 6. The quantitative estimate of drug-likeness (QED) is 0.170. The molecule has 0 amide bonds. The minimum atomic E-state index is -2.00. The van der Waals surface area contributed by atoms with E-state index >= 15 is 0 Å². The summed E-state index contributed by atoms with van der Waals surface area (Å²) in [7, 11) is -4.00. The van der Waals surface area contributed by atoms with Gasteiger partial charge in [-0.2, -0.15) is 0 Å². The van der Waals surface area contributed by atoms with E-state index in [0.29, 0.717) is 0 Å². The minimum absolute atomic E-state index is 0.139. The molecule has 0 unspecified atom stereocenters. The van der Waals surface area contributed by atoms with Crippen molar-refractivity contribution in [1.82, 2.24) is 0 Å². The van der Waals surface area contributed by atoms with Gasteiger partial charge in [0.15, 0.2) is 0 Å². The zero-order valence-electron chi connectivity index (χ0n) is 22.6. The molecule has 6 aromatic rings. The summed E-state index contributed by atoms with van der Waals surface area (Å²) in [6.45, 7) is 4.67. The second kappa shape index (κ2) is 16.1. The second-order valence-electron chi connectivity index (χ2n) is 9.50. The van der Waals surface area contributed by atoms with Crippen LogP contribution in [0.1, 0.15) is 0 Å². The zero-order chi connectivity index (χ0) is 29.0. The van der Waals surface area contributed by atoms with Crippen LogP contribution in [0.15, 0.2) is 121 Å². The molecule has 0 aliphatic heterocycles. The fourth-order valence-corrected chi connectivity index (χ4v) is 11.4. The molecule has 0 heterocycles. The Labute approximate surface area is 275 Å². The Morgan fingerprint density at radius 3 is 0.829 bits per heavy atom. The first-order chi connectivity index (χ1) is 20.0. The van der Waals surface area contributed by atoms with Gasteiger partial charge >= 0.3 is 48.2 Å². The topological polar surface area (TPSA) is 0 Å². The van der Waals surface area contributed by atoms with Gasteiger partial charge in [-0.05, 0) is 0 Å². The van der Waals surface area contributed by atoms with Crippen LogP contribution >= 0.6 is 9.27 Å². The van der Waals surface area contributed by atoms with Gasteiger partial charge in [-0.3, -0.25) is 0 Å². The van der Waals surface area contributed by atoms with Crippen molar-refractivity contribution >= 4 is 56.5 Å². The average Bonchev–Trinajstić information content (AvgIpc) is 3.79. The van der Waals surface area contributed by atoms with E-state index in [1.165, 1.54) is 20.7 Å². The van der Waals surface area contributed by atoms with Crippen molar-refractivity contribution in [2.75, 3.05) is 0 Å². The Morgan fingerprint density at radius 2 is 0.634 bits per heavy atom. The molecular weight excluding hydrogens is 733 g/mol. The fourth-order valence-electron chi connectivity index (χ4n) is 4.93. The molecule has 0 aromatic heterocycles. The number of halogens is 2. The summed E-state index contributed by atoms with van der Waals surface area (Å²) in [4.78, 5) is 0. The molecule has 0 bridgehead atoms. The molecule has 216 valence electrons. The van der Waals surface area contributed by atoms with Gasteiger partial charge in [0.2, 0.25) is 0 Å². The maximum absolute atomic E-state index is 4.82. The first-order valence-corrected chi connectivity index (χ1v) is 22.1. The normalized spacial score (nSPS) is 11.1. The summed E-state index contributed by atoms with van der Waals surface area (Å²) in [6.07, 6.45) is 0. The number of benzene rings is 4. The van der Waals surface area contributed by atoms with E-state index < -0.39 is 16.1 Å². The van der Waals surface area contributed by atoms with Crippen LogP contribution in [0.25, 0.3) is 0 Å². The van der Waals surface area contributed by atoms with Gasteiger partial charge in [0.25, 0.3) is 0 Å². The van der Waals surface area contributed by atoms with E-state index in [4.69, 9.17) is 9.27 Å². The Hall–Kier alpha value is -1.89. The Kier molecular flexibility index (Phi) is 12.6. The van der Waals surface area contributed by atoms with Gasteiger partial charge in [-0.1, -0.05) is 171 Å². The molecule has 41 heavy (non-hydrogen) atoms. The van der Waals surface area contributed by atoms with Crippen molar-refractivity contribution in [3.63, 3.8) is 0 Å². The van der Waals surface area contributed by atoms with Gasteiger partial charge < -0.3 is 58.9 Å². The third-order valence-electron chi connectivity index (χ3n) is 7.28. The Bertz CT molecular complexity index is 1320. The molecule has 0 nitrogen and oxygen atoms in total. The third-order valence-corrected chi connectivity index (χ3v) is 15.7. The Morgan fingerprint density at radius 1 is 0.439 bits per heavy atom.